The predicted octanol–water partition coefficient (Wildman–Crippen LogP) is 5.04. The Bertz CT molecular complexity index is 1020. The molecule has 2 aromatic carbocycles. The van der Waals surface area contributed by atoms with Crippen molar-refractivity contribution in [3.05, 3.63) is 53.1 Å². The molecule has 1 saturated heterocycles. The molecule has 0 saturated carbocycles. The van der Waals surface area contributed by atoms with Crippen molar-refractivity contribution < 1.29 is 9.53 Å². The van der Waals surface area contributed by atoms with E-state index in [0.29, 0.717) is 16.7 Å². The molecule has 0 spiro atoms. The highest BCUT2D eigenvalue weighted by Gasteiger charge is 2.24. The van der Waals surface area contributed by atoms with Gasteiger partial charge in [0.2, 0.25) is 0 Å². The average Bonchev–Trinajstić information content (AvgIpc) is 3.18. The van der Waals surface area contributed by atoms with Crippen LogP contribution in [0.2, 0.25) is 5.02 Å². The quantitative estimate of drug-likeness (QED) is 0.461. The molecule has 0 bridgehead atoms. The van der Waals surface area contributed by atoms with E-state index in [9.17, 15) is 4.79 Å². The maximum absolute atomic E-state index is 13.7. The van der Waals surface area contributed by atoms with Crippen molar-refractivity contribution in [1.29, 1.82) is 0 Å². The van der Waals surface area contributed by atoms with E-state index >= 15 is 0 Å². The van der Waals surface area contributed by atoms with Gasteiger partial charge in [-0.1, -0.05) is 42.0 Å². The van der Waals surface area contributed by atoms with Gasteiger partial charge >= 0.3 is 0 Å². The first-order chi connectivity index (χ1) is 14.7. The minimum atomic E-state index is -0.00929. The number of thioether (sulfide) groups is 1. The second-order valence-corrected chi connectivity index (χ2v) is 9.70. The number of nitrogens with zero attached hydrogens (tertiary/aromatic N) is 3. The van der Waals surface area contributed by atoms with Gasteiger partial charge in [0.05, 0.1) is 29.0 Å². The van der Waals surface area contributed by atoms with Gasteiger partial charge in [0.15, 0.2) is 5.13 Å². The van der Waals surface area contributed by atoms with Crippen LogP contribution in [0.1, 0.15) is 17.3 Å². The first kappa shape index (κ1) is 21.6. The average molecular weight is 462 g/mol. The first-order valence-electron chi connectivity index (χ1n) is 10.1. The second-order valence-electron chi connectivity index (χ2n) is 6.95. The van der Waals surface area contributed by atoms with E-state index in [4.69, 9.17) is 21.3 Å². The summed E-state index contributed by atoms with van der Waals surface area (Å²) in [5.41, 5.74) is 1.59. The lowest BCUT2D eigenvalue weighted by atomic mass is 10.2. The largest absolute Gasteiger partial charge is 0.379 e. The molecule has 1 aliphatic heterocycles. The van der Waals surface area contributed by atoms with E-state index < -0.39 is 0 Å². The minimum Gasteiger partial charge on any atom is -0.379 e. The number of benzene rings is 2. The SMILES string of the molecule is CCSc1ccccc1C(=O)N(CCN1CCOCC1)c1nc2ccc(Cl)cc2s1. The summed E-state index contributed by atoms with van der Waals surface area (Å²) < 4.78 is 6.44. The molecule has 30 heavy (non-hydrogen) atoms. The first-order valence-corrected chi connectivity index (χ1v) is 12.2. The number of morpholine rings is 1. The Kier molecular flexibility index (Phi) is 7.28. The summed E-state index contributed by atoms with van der Waals surface area (Å²) in [5, 5.41) is 1.38. The fraction of sp³-hybridized carbons (Fsp3) is 0.364. The number of aromatic nitrogens is 1. The number of hydrogen-bond acceptors (Lipinski definition) is 6. The van der Waals surface area contributed by atoms with Crippen LogP contribution in [0.15, 0.2) is 47.4 Å². The van der Waals surface area contributed by atoms with Crippen LogP contribution in [0, 0.1) is 0 Å². The third-order valence-electron chi connectivity index (χ3n) is 4.98. The molecule has 1 fully saturated rings. The Morgan fingerprint density at radius 2 is 2.07 bits per heavy atom. The summed E-state index contributed by atoms with van der Waals surface area (Å²) >= 11 is 9.36. The number of ether oxygens (including phenoxy) is 1. The molecule has 1 amide bonds. The fourth-order valence-electron chi connectivity index (χ4n) is 3.42. The van der Waals surface area contributed by atoms with Crippen LogP contribution in [-0.4, -0.2) is 60.9 Å². The highest BCUT2D eigenvalue weighted by molar-refractivity contribution is 7.99. The number of rotatable bonds is 7. The number of hydrogen-bond donors (Lipinski definition) is 0. The number of thiazole rings is 1. The lowest BCUT2D eigenvalue weighted by molar-refractivity contribution is 0.0391. The van der Waals surface area contributed by atoms with Crippen LogP contribution < -0.4 is 4.90 Å². The zero-order chi connectivity index (χ0) is 20.9. The normalized spacial score (nSPS) is 14.9. The number of fused-ring (bicyclic) bond motifs is 1. The summed E-state index contributed by atoms with van der Waals surface area (Å²) in [6, 6.07) is 13.5. The molecule has 1 aromatic heterocycles. The molecular weight excluding hydrogens is 438 g/mol. The number of carbonyl (C=O) groups excluding carboxylic acids is 1. The zero-order valence-corrected chi connectivity index (χ0v) is 19.2. The lowest BCUT2D eigenvalue weighted by Crippen LogP contribution is -2.43. The summed E-state index contributed by atoms with van der Waals surface area (Å²) in [6.07, 6.45) is 0. The standard InChI is InChI=1S/C22H24ClN3O2S2/c1-2-29-19-6-4-3-5-17(19)21(27)26(10-9-25-11-13-28-14-12-25)22-24-18-8-7-16(23)15-20(18)30-22/h3-8,15H,2,9-14H2,1H3. The Labute approximate surface area is 190 Å². The molecule has 0 atom stereocenters. The summed E-state index contributed by atoms with van der Waals surface area (Å²) in [7, 11) is 0. The van der Waals surface area contributed by atoms with Gasteiger partial charge in [0.25, 0.3) is 5.91 Å². The van der Waals surface area contributed by atoms with Crippen LogP contribution in [0.5, 0.6) is 0 Å². The monoisotopic (exact) mass is 461 g/mol. The van der Waals surface area contributed by atoms with Gasteiger partial charge in [-0.2, -0.15) is 0 Å². The molecule has 1 aliphatic rings. The summed E-state index contributed by atoms with van der Waals surface area (Å²) in [4.78, 5) is 23.6. The van der Waals surface area contributed by atoms with Crippen LogP contribution in [0.3, 0.4) is 0 Å². The van der Waals surface area contributed by atoms with Gasteiger partial charge < -0.3 is 4.74 Å². The molecule has 8 heteroatoms. The Hall–Kier alpha value is -1.64. The molecule has 0 aliphatic carbocycles. The minimum absolute atomic E-state index is 0.00929. The molecule has 5 nitrogen and oxygen atoms in total. The van der Waals surface area contributed by atoms with Crippen molar-refractivity contribution in [2.75, 3.05) is 50.0 Å². The summed E-state index contributed by atoms with van der Waals surface area (Å²) in [6.45, 7) is 6.72. The van der Waals surface area contributed by atoms with Crippen molar-refractivity contribution in [1.82, 2.24) is 9.88 Å². The summed E-state index contributed by atoms with van der Waals surface area (Å²) in [5.74, 6) is 0.905. The van der Waals surface area contributed by atoms with Gasteiger partial charge in [0.1, 0.15) is 0 Å². The van der Waals surface area contributed by atoms with Gasteiger partial charge in [-0.25, -0.2) is 4.98 Å². The predicted molar refractivity (Wildman–Crippen MR) is 126 cm³/mol. The van der Waals surface area contributed by atoms with Crippen molar-refractivity contribution in [3.8, 4) is 0 Å². The molecule has 2 heterocycles. The van der Waals surface area contributed by atoms with Gasteiger partial charge in [-0.3, -0.25) is 14.6 Å². The Morgan fingerprint density at radius 3 is 2.87 bits per heavy atom. The van der Waals surface area contributed by atoms with E-state index in [1.807, 2.05) is 47.4 Å². The van der Waals surface area contributed by atoms with Crippen LogP contribution in [0.4, 0.5) is 5.13 Å². The third kappa shape index (κ3) is 4.98. The van der Waals surface area contributed by atoms with Crippen LogP contribution in [0.25, 0.3) is 10.2 Å². The highest BCUT2D eigenvalue weighted by atomic mass is 35.5. The van der Waals surface area contributed by atoms with Gasteiger partial charge in [-0.15, -0.1) is 11.8 Å². The maximum atomic E-state index is 13.7. The number of halogens is 1. The van der Waals surface area contributed by atoms with Crippen molar-refractivity contribution in [2.24, 2.45) is 0 Å². The number of amides is 1. The smallest absolute Gasteiger partial charge is 0.261 e. The topological polar surface area (TPSA) is 45.7 Å². The van der Waals surface area contributed by atoms with E-state index in [2.05, 4.69) is 11.8 Å². The van der Waals surface area contributed by atoms with Gasteiger partial charge in [0, 0.05) is 36.1 Å². The third-order valence-corrected chi connectivity index (χ3v) is 7.21. The second kappa shape index (κ2) is 10.1. The molecule has 3 aromatic rings. The lowest BCUT2D eigenvalue weighted by Gasteiger charge is -2.29. The van der Waals surface area contributed by atoms with E-state index in [1.165, 1.54) is 11.3 Å². The molecule has 0 unspecified atom stereocenters. The van der Waals surface area contributed by atoms with Crippen LogP contribution in [-0.2, 0) is 4.74 Å². The molecular formula is C22H24ClN3O2S2. The zero-order valence-electron chi connectivity index (χ0n) is 16.8. The molecule has 0 radical (unpaired) electrons. The highest BCUT2D eigenvalue weighted by Crippen LogP contribution is 2.33. The fourth-order valence-corrected chi connectivity index (χ4v) is 5.48. The molecule has 4 rings (SSSR count). The molecule has 158 valence electrons. The van der Waals surface area contributed by atoms with Crippen molar-refractivity contribution in [2.45, 2.75) is 11.8 Å². The molecule has 0 N–H and O–H groups in total. The van der Waals surface area contributed by atoms with E-state index in [1.54, 1.807) is 11.8 Å². The van der Waals surface area contributed by atoms with Crippen molar-refractivity contribution in [3.63, 3.8) is 0 Å². The number of anilines is 1. The van der Waals surface area contributed by atoms with E-state index in [-0.39, 0.29) is 5.91 Å². The van der Waals surface area contributed by atoms with E-state index in [0.717, 1.165) is 59.3 Å². The van der Waals surface area contributed by atoms with Crippen molar-refractivity contribution >= 4 is 56.0 Å². The Morgan fingerprint density at radius 1 is 1.27 bits per heavy atom. The Balaban J connectivity index is 1.66. The maximum Gasteiger partial charge on any atom is 0.261 e. The number of carbonyl (C=O) groups is 1. The van der Waals surface area contributed by atoms with Gasteiger partial charge in [-0.05, 0) is 36.1 Å². The van der Waals surface area contributed by atoms with Crippen LogP contribution >= 0.6 is 34.7 Å².